The molecule has 2 aliphatic heterocycles. The number of carbonyl (C=O) groups is 3. The van der Waals surface area contributed by atoms with Gasteiger partial charge in [0.15, 0.2) is 11.6 Å². The van der Waals surface area contributed by atoms with Gasteiger partial charge in [-0.25, -0.2) is 9.97 Å². The Kier molecular flexibility index (Phi) is 9.85. The molecule has 5 aliphatic rings. The number of allylic oxidation sites excluding steroid dienone is 2. The lowest BCUT2D eigenvalue weighted by Crippen LogP contribution is -2.46. The van der Waals surface area contributed by atoms with E-state index in [1.54, 1.807) is 6.92 Å². The van der Waals surface area contributed by atoms with Crippen LogP contribution in [0.2, 0.25) is 0 Å². The van der Waals surface area contributed by atoms with Crippen molar-refractivity contribution in [1.29, 1.82) is 0 Å². The third kappa shape index (κ3) is 6.91. The molecule has 1 unspecified atom stereocenters. The number of hydrogen-bond acceptors (Lipinski definition) is 8. The molecule has 4 N–H and O–H groups in total. The smallest absolute Gasteiger partial charge is 0.309 e. The molecule has 3 aliphatic carbocycles. The van der Waals surface area contributed by atoms with Gasteiger partial charge in [0, 0.05) is 82.2 Å². The van der Waals surface area contributed by atoms with E-state index in [0.717, 1.165) is 105 Å². The van der Waals surface area contributed by atoms with Crippen molar-refractivity contribution in [2.75, 3.05) is 31.5 Å². The monoisotopic (exact) mass is 764 g/mol. The first-order chi connectivity index (χ1) is 26.7. The fraction of sp³-hybridized carbons (Fsp3) is 0.558. The molecule has 3 aromatic rings. The summed E-state index contributed by atoms with van der Waals surface area (Å²) in [6.45, 7) is 10.5. The molecule has 298 valence electrons. The number of benzene rings is 1. The van der Waals surface area contributed by atoms with Crippen LogP contribution in [0.25, 0.3) is 5.57 Å². The molecule has 4 heterocycles. The molecule has 13 heteroatoms. The van der Waals surface area contributed by atoms with Gasteiger partial charge in [-0.15, -0.1) is 0 Å². The summed E-state index contributed by atoms with van der Waals surface area (Å²) in [5, 5.41) is 26.0. The first-order valence-electron chi connectivity index (χ1n) is 20.2. The summed E-state index contributed by atoms with van der Waals surface area (Å²) in [6.07, 6.45) is 12.7. The maximum absolute atomic E-state index is 13.9. The van der Waals surface area contributed by atoms with Crippen LogP contribution in [0, 0.1) is 16.2 Å². The highest BCUT2D eigenvalue weighted by atomic mass is 16.4. The lowest BCUT2D eigenvalue weighted by Gasteiger charge is -2.37. The fourth-order valence-corrected chi connectivity index (χ4v) is 10.4. The minimum atomic E-state index is -0.615. The highest BCUT2D eigenvalue weighted by molar-refractivity contribution is 6.02. The molecule has 2 atom stereocenters. The van der Waals surface area contributed by atoms with Gasteiger partial charge < -0.3 is 30.0 Å². The van der Waals surface area contributed by atoms with Crippen LogP contribution in [-0.2, 0) is 44.8 Å². The molecule has 0 saturated heterocycles. The SMILES string of the molecule is CC(O)CN1CCc2c(nc(C(=O)Nc3cccc(C4=CC=C[C@@H](NC(=O)c5nc6c(n5C)CCN(CCC57CCC(C(=O)O)(CC5)C7)C6)C4(C)C)c3)n2C)C1. The van der Waals surface area contributed by atoms with E-state index in [2.05, 4.69) is 40.4 Å². The first kappa shape index (κ1) is 38.3. The summed E-state index contributed by atoms with van der Waals surface area (Å²) in [7, 11) is 3.81. The summed E-state index contributed by atoms with van der Waals surface area (Å²) in [5.41, 5.74) is 5.77. The van der Waals surface area contributed by atoms with Gasteiger partial charge >= 0.3 is 5.97 Å². The topological polar surface area (TPSA) is 158 Å². The summed E-state index contributed by atoms with van der Waals surface area (Å²) < 4.78 is 3.83. The highest BCUT2D eigenvalue weighted by Crippen LogP contribution is 2.63. The number of anilines is 1. The number of carbonyl (C=O) groups excluding carboxylic acids is 2. The number of carboxylic acid groups (broad SMARTS) is 1. The molecule has 56 heavy (non-hydrogen) atoms. The van der Waals surface area contributed by atoms with Crippen molar-refractivity contribution in [3.63, 3.8) is 0 Å². The summed E-state index contributed by atoms with van der Waals surface area (Å²) >= 11 is 0. The summed E-state index contributed by atoms with van der Waals surface area (Å²) in [5.74, 6) is -0.345. The number of fused-ring (bicyclic) bond motifs is 4. The first-order valence-corrected chi connectivity index (χ1v) is 20.2. The Morgan fingerprint density at radius 2 is 1.57 bits per heavy atom. The zero-order valence-corrected chi connectivity index (χ0v) is 33.4. The van der Waals surface area contributed by atoms with Gasteiger partial charge in [-0.3, -0.25) is 24.2 Å². The number of aliphatic hydroxyl groups is 1. The van der Waals surface area contributed by atoms with Gasteiger partial charge in [0.1, 0.15) is 0 Å². The highest BCUT2D eigenvalue weighted by Gasteiger charge is 2.57. The number of β-amino-alcohol motifs (C(OH)–C–C–N with tert-alkyl or cyclic N) is 1. The molecular weight excluding hydrogens is 709 g/mol. The van der Waals surface area contributed by atoms with Gasteiger partial charge in [-0.05, 0) is 80.7 Å². The molecule has 1 aromatic carbocycles. The Morgan fingerprint density at radius 1 is 0.929 bits per heavy atom. The van der Waals surface area contributed by atoms with E-state index >= 15 is 0 Å². The quantitative estimate of drug-likeness (QED) is 0.217. The van der Waals surface area contributed by atoms with Crippen LogP contribution in [0.1, 0.15) is 109 Å². The molecule has 13 nitrogen and oxygen atoms in total. The minimum absolute atomic E-state index is 0.153. The van der Waals surface area contributed by atoms with Crippen molar-refractivity contribution in [2.45, 2.75) is 97.4 Å². The third-order valence-corrected chi connectivity index (χ3v) is 13.7. The van der Waals surface area contributed by atoms with E-state index in [-0.39, 0.29) is 23.3 Å². The second-order valence-corrected chi connectivity index (χ2v) is 17.8. The zero-order valence-electron chi connectivity index (χ0n) is 33.4. The number of imidazole rings is 2. The number of nitrogens with zero attached hydrogens (tertiary/aromatic N) is 6. The zero-order chi connectivity index (χ0) is 39.6. The van der Waals surface area contributed by atoms with Crippen molar-refractivity contribution in [3.8, 4) is 0 Å². The van der Waals surface area contributed by atoms with E-state index in [0.29, 0.717) is 37.0 Å². The Morgan fingerprint density at radius 3 is 2.21 bits per heavy atom. The van der Waals surface area contributed by atoms with Crippen molar-refractivity contribution >= 4 is 29.0 Å². The molecule has 0 radical (unpaired) electrons. The van der Waals surface area contributed by atoms with Crippen LogP contribution in [-0.4, -0.2) is 95.2 Å². The number of hydrogen-bond donors (Lipinski definition) is 4. The Bertz CT molecular complexity index is 2120. The van der Waals surface area contributed by atoms with Crippen LogP contribution in [0.4, 0.5) is 5.69 Å². The second-order valence-electron chi connectivity index (χ2n) is 17.8. The molecule has 2 bridgehead atoms. The van der Waals surface area contributed by atoms with Gasteiger partial charge in [-0.2, -0.15) is 0 Å². The second kappa shape index (κ2) is 14.4. The lowest BCUT2D eigenvalue weighted by molar-refractivity contribution is -0.148. The molecule has 2 amide bonds. The van der Waals surface area contributed by atoms with Gasteiger partial charge in [0.25, 0.3) is 11.8 Å². The number of amides is 2. The van der Waals surface area contributed by atoms with E-state index in [1.165, 1.54) is 0 Å². The maximum atomic E-state index is 13.9. The number of nitrogens with one attached hydrogen (secondary N) is 2. The van der Waals surface area contributed by atoms with Gasteiger partial charge in [0.05, 0.1) is 28.9 Å². The molecule has 0 spiro atoms. The van der Waals surface area contributed by atoms with Crippen molar-refractivity contribution in [3.05, 3.63) is 82.5 Å². The Labute approximate surface area is 328 Å². The predicted molar refractivity (Wildman–Crippen MR) is 213 cm³/mol. The van der Waals surface area contributed by atoms with Crippen LogP contribution < -0.4 is 10.6 Å². The Hall–Kier alpha value is -4.59. The predicted octanol–water partition coefficient (Wildman–Crippen LogP) is 4.71. The number of aliphatic hydroxyl groups excluding tert-OH is 1. The molecule has 2 saturated carbocycles. The van der Waals surface area contributed by atoms with E-state index in [9.17, 15) is 24.6 Å². The number of rotatable bonds is 11. The minimum Gasteiger partial charge on any atom is -0.481 e. The van der Waals surface area contributed by atoms with E-state index in [4.69, 9.17) is 9.97 Å². The molecule has 8 rings (SSSR count). The summed E-state index contributed by atoms with van der Waals surface area (Å²) in [4.78, 5) is 53.6. The van der Waals surface area contributed by atoms with E-state index in [1.807, 2.05) is 59.6 Å². The number of aromatic nitrogens is 4. The fourth-order valence-electron chi connectivity index (χ4n) is 10.4. The van der Waals surface area contributed by atoms with Crippen LogP contribution in [0.5, 0.6) is 0 Å². The van der Waals surface area contributed by atoms with Gasteiger partial charge in [0.2, 0.25) is 0 Å². The molecular formula is C43H56N8O5. The van der Waals surface area contributed by atoms with Crippen LogP contribution in [0.15, 0.2) is 42.5 Å². The van der Waals surface area contributed by atoms with Crippen molar-refractivity contribution in [2.24, 2.45) is 30.3 Å². The molecule has 2 aromatic heterocycles. The van der Waals surface area contributed by atoms with Gasteiger partial charge in [-0.1, -0.05) is 44.2 Å². The van der Waals surface area contributed by atoms with Crippen LogP contribution in [0.3, 0.4) is 0 Å². The maximum Gasteiger partial charge on any atom is 0.309 e. The number of carboxylic acids is 1. The standard InChI is InChI=1S/C43H56N8O5/c1-27(52)23-51-20-13-34-32(25-51)46-36(48(34)4)38(53)44-29-9-6-8-28(22-29)30-10-7-11-35(41(30,2)3)47-39(54)37-45-31-24-50(19-12-33(31)49(37)5)21-18-42-14-16-43(26-42,17-15-42)40(55)56/h6-11,22,27,35,52H,12-21,23-26H2,1-5H3,(H,44,53)(H,47,54)(H,55,56)/t27?,35-,42?,43?/m1/s1. The summed E-state index contributed by atoms with van der Waals surface area (Å²) in [6, 6.07) is 7.49. The average Bonchev–Trinajstić information content (AvgIpc) is 3.91. The van der Waals surface area contributed by atoms with Crippen molar-refractivity contribution in [1.82, 2.24) is 34.2 Å². The third-order valence-electron chi connectivity index (χ3n) is 13.7. The normalized spacial score (nSPS) is 26.0. The number of aliphatic carboxylic acids is 1. The average molecular weight is 765 g/mol. The Balaban J connectivity index is 0.905. The van der Waals surface area contributed by atoms with E-state index < -0.39 is 22.9 Å². The molecule has 2 fully saturated rings. The van der Waals surface area contributed by atoms with Crippen LogP contribution >= 0.6 is 0 Å². The largest absolute Gasteiger partial charge is 0.481 e. The lowest BCUT2D eigenvalue weighted by atomic mass is 9.72. The van der Waals surface area contributed by atoms with Crippen molar-refractivity contribution < 1.29 is 24.6 Å².